The van der Waals surface area contributed by atoms with Crippen molar-refractivity contribution < 1.29 is 13.9 Å². The van der Waals surface area contributed by atoms with Crippen LogP contribution in [0.15, 0.2) is 26.7 Å². The molecule has 2 rings (SSSR count). The molecule has 0 atom stereocenters. The fourth-order valence-corrected chi connectivity index (χ4v) is 2.58. The van der Waals surface area contributed by atoms with Gasteiger partial charge in [0.1, 0.15) is 0 Å². The SMILES string of the molecule is CCOC(=O)c1ncoc1-c1ccc(Br)s1. The van der Waals surface area contributed by atoms with Crippen LogP contribution in [0.2, 0.25) is 0 Å². The average molecular weight is 302 g/mol. The number of ether oxygens (including phenoxy) is 1. The Balaban J connectivity index is 2.36. The van der Waals surface area contributed by atoms with Gasteiger partial charge < -0.3 is 9.15 Å². The quantitative estimate of drug-likeness (QED) is 0.816. The largest absolute Gasteiger partial charge is 0.461 e. The van der Waals surface area contributed by atoms with Crippen molar-refractivity contribution in [1.82, 2.24) is 4.98 Å². The summed E-state index contributed by atoms with van der Waals surface area (Å²) >= 11 is 4.82. The number of carbonyl (C=O) groups is 1. The van der Waals surface area contributed by atoms with E-state index in [-0.39, 0.29) is 5.69 Å². The molecule has 0 radical (unpaired) electrons. The van der Waals surface area contributed by atoms with Crippen molar-refractivity contribution in [3.8, 4) is 10.6 Å². The lowest BCUT2D eigenvalue weighted by atomic mass is 10.3. The molecule has 0 N–H and O–H groups in total. The first-order valence-corrected chi connectivity index (χ1v) is 6.19. The summed E-state index contributed by atoms with van der Waals surface area (Å²) in [6.45, 7) is 2.07. The highest BCUT2D eigenvalue weighted by Gasteiger charge is 2.20. The molecule has 2 aromatic rings. The summed E-state index contributed by atoms with van der Waals surface area (Å²) in [4.78, 5) is 16.3. The topological polar surface area (TPSA) is 52.3 Å². The molecular formula is C10H8BrNO3S. The number of aromatic nitrogens is 1. The molecule has 0 fully saturated rings. The van der Waals surface area contributed by atoms with E-state index in [1.165, 1.54) is 17.7 Å². The van der Waals surface area contributed by atoms with Crippen LogP contribution in [0.5, 0.6) is 0 Å². The normalized spacial score (nSPS) is 10.4. The fourth-order valence-electron chi connectivity index (χ4n) is 1.20. The van der Waals surface area contributed by atoms with Crippen molar-refractivity contribution in [2.75, 3.05) is 6.61 Å². The third-order valence-electron chi connectivity index (χ3n) is 1.83. The van der Waals surface area contributed by atoms with Crippen molar-refractivity contribution in [2.24, 2.45) is 0 Å². The van der Waals surface area contributed by atoms with Crippen molar-refractivity contribution in [3.63, 3.8) is 0 Å². The Kier molecular flexibility index (Phi) is 3.40. The van der Waals surface area contributed by atoms with Gasteiger partial charge in [-0.25, -0.2) is 9.78 Å². The Morgan fingerprint density at radius 2 is 2.44 bits per heavy atom. The molecule has 0 amide bonds. The van der Waals surface area contributed by atoms with Gasteiger partial charge in [0.2, 0.25) is 0 Å². The second-order valence-electron chi connectivity index (χ2n) is 2.85. The highest BCUT2D eigenvalue weighted by atomic mass is 79.9. The maximum atomic E-state index is 11.6. The third kappa shape index (κ3) is 2.17. The molecule has 6 heteroatoms. The predicted molar refractivity (Wildman–Crippen MR) is 63.5 cm³/mol. The molecule has 2 heterocycles. The molecule has 2 aromatic heterocycles. The van der Waals surface area contributed by atoms with E-state index in [2.05, 4.69) is 20.9 Å². The van der Waals surface area contributed by atoms with E-state index in [9.17, 15) is 4.79 Å². The summed E-state index contributed by atoms with van der Waals surface area (Å²) in [5.41, 5.74) is 0.219. The van der Waals surface area contributed by atoms with Crippen LogP contribution in [0.25, 0.3) is 10.6 Å². The van der Waals surface area contributed by atoms with Crippen molar-refractivity contribution in [2.45, 2.75) is 6.92 Å². The minimum absolute atomic E-state index is 0.219. The minimum atomic E-state index is -0.462. The lowest BCUT2D eigenvalue weighted by Crippen LogP contribution is -2.05. The van der Waals surface area contributed by atoms with Crippen molar-refractivity contribution in [3.05, 3.63) is 28.0 Å². The standard InChI is InChI=1S/C10H8BrNO3S/c1-2-14-10(13)8-9(15-5-12-8)6-3-4-7(11)16-6/h3-5H,2H2,1H3. The maximum absolute atomic E-state index is 11.6. The number of carbonyl (C=O) groups excluding carboxylic acids is 1. The monoisotopic (exact) mass is 301 g/mol. The molecule has 0 aliphatic heterocycles. The van der Waals surface area contributed by atoms with Crippen LogP contribution in [0.4, 0.5) is 0 Å². The molecule has 0 saturated heterocycles. The number of hydrogen-bond acceptors (Lipinski definition) is 5. The zero-order valence-electron chi connectivity index (χ0n) is 8.40. The molecule has 0 aliphatic rings. The number of thiophene rings is 1. The number of nitrogens with zero attached hydrogens (tertiary/aromatic N) is 1. The molecule has 0 aromatic carbocycles. The van der Waals surface area contributed by atoms with Gasteiger partial charge in [0.25, 0.3) is 0 Å². The van der Waals surface area contributed by atoms with E-state index in [0.29, 0.717) is 12.4 Å². The van der Waals surface area contributed by atoms with Gasteiger partial charge in [0, 0.05) is 0 Å². The van der Waals surface area contributed by atoms with E-state index in [1.807, 2.05) is 12.1 Å². The van der Waals surface area contributed by atoms with E-state index in [1.54, 1.807) is 6.92 Å². The Morgan fingerprint density at radius 1 is 1.62 bits per heavy atom. The van der Waals surface area contributed by atoms with Crippen LogP contribution in [0.1, 0.15) is 17.4 Å². The van der Waals surface area contributed by atoms with Crippen molar-refractivity contribution in [1.29, 1.82) is 0 Å². The van der Waals surface area contributed by atoms with Crippen LogP contribution in [0.3, 0.4) is 0 Å². The summed E-state index contributed by atoms with van der Waals surface area (Å²) in [6.07, 6.45) is 1.25. The molecule has 0 spiro atoms. The van der Waals surface area contributed by atoms with Gasteiger partial charge in [-0.05, 0) is 35.0 Å². The van der Waals surface area contributed by atoms with Gasteiger partial charge in [-0.1, -0.05) is 0 Å². The van der Waals surface area contributed by atoms with Gasteiger partial charge >= 0.3 is 5.97 Å². The Hall–Kier alpha value is -1.14. The molecule has 0 aliphatic carbocycles. The Morgan fingerprint density at radius 3 is 3.06 bits per heavy atom. The predicted octanol–water partition coefficient (Wildman–Crippen LogP) is 3.34. The smallest absolute Gasteiger partial charge is 0.361 e. The zero-order valence-corrected chi connectivity index (χ0v) is 10.8. The molecule has 0 bridgehead atoms. The second-order valence-corrected chi connectivity index (χ2v) is 5.32. The molecule has 0 saturated carbocycles. The van der Waals surface area contributed by atoms with E-state index >= 15 is 0 Å². The van der Waals surface area contributed by atoms with Gasteiger partial charge in [-0.2, -0.15) is 0 Å². The van der Waals surface area contributed by atoms with Crippen LogP contribution in [-0.4, -0.2) is 17.6 Å². The van der Waals surface area contributed by atoms with E-state index in [4.69, 9.17) is 9.15 Å². The lowest BCUT2D eigenvalue weighted by Gasteiger charge is -1.98. The third-order valence-corrected chi connectivity index (χ3v) is 3.46. The van der Waals surface area contributed by atoms with Crippen LogP contribution >= 0.6 is 27.3 Å². The summed E-state index contributed by atoms with van der Waals surface area (Å²) in [7, 11) is 0. The van der Waals surface area contributed by atoms with Crippen molar-refractivity contribution >= 4 is 33.2 Å². The maximum Gasteiger partial charge on any atom is 0.361 e. The highest BCUT2D eigenvalue weighted by molar-refractivity contribution is 9.11. The Bertz CT molecular complexity index is 506. The number of halogens is 1. The molecule has 0 unspecified atom stereocenters. The summed E-state index contributed by atoms with van der Waals surface area (Å²) in [6, 6.07) is 3.75. The van der Waals surface area contributed by atoms with Gasteiger partial charge in [0.05, 0.1) is 15.3 Å². The van der Waals surface area contributed by atoms with Gasteiger partial charge in [-0.15, -0.1) is 11.3 Å². The minimum Gasteiger partial charge on any atom is -0.461 e. The van der Waals surface area contributed by atoms with Crippen LogP contribution in [-0.2, 0) is 4.74 Å². The average Bonchev–Trinajstić information content (AvgIpc) is 2.85. The molecule has 16 heavy (non-hydrogen) atoms. The zero-order chi connectivity index (χ0) is 11.5. The molecular weight excluding hydrogens is 294 g/mol. The first kappa shape index (κ1) is 11.3. The summed E-state index contributed by atoms with van der Waals surface area (Å²) in [5.74, 6) is -0.00933. The first-order chi connectivity index (χ1) is 7.72. The summed E-state index contributed by atoms with van der Waals surface area (Å²) in [5, 5.41) is 0. The van der Waals surface area contributed by atoms with Crippen LogP contribution < -0.4 is 0 Å². The molecule has 84 valence electrons. The number of esters is 1. The highest BCUT2D eigenvalue weighted by Crippen LogP contribution is 2.33. The second kappa shape index (κ2) is 4.80. The van der Waals surface area contributed by atoms with E-state index < -0.39 is 5.97 Å². The lowest BCUT2D eigenvalue weighted by molar-refractivity contribution is 0.0520. The van der Waals surface area contributed by atoms with Gasteiger partial charge in [0.15, 0.2) is 17.8 Å². The number of oxazole rings is 1. The van der Waals surface area contributed by atoms with E-state index in [0.717, 1.165) is 8.66 Å². The molecule has 4 nitrogen and oxygen atoms in total. The number of rotatable bonds is 3. The first-order valence-electron chi connectivity index (χ1n) is 4.58. The fraction of sp³-hybridized carbons (Fsp3) is 0.200. The van der Waals surface area contributed by atoms with Gasteiger partial charge in [-0.3, -0.25) is 0 Å². The number of hydrogen-bond donors (Lipinski definition) is 0. The Labute approximate surface area is 104 Å². The summed E-state index contributed by atoms with van der Waals surface area (Å²) < 4.78 is 11.1. The van der Waals surface area contributed by atoms with Crippen LogP contribution in [0, 0.1) is 0 Å².